The normalized spacial score (nSPS) is 11.2. The molecule has 0 saturated heterocycles. The fourth-order valence-electron chi connectivity index (χ4n) is 3.30. The van der Waals surface area contributed by atoms with Crippen LogP contribution in [0.5, 0.6) is 0 Å². The Balaban J connectivity index is 1.99. The van der Waals surface area contributed by atoms with Crippen LogP contribution in [0.2, 0.25) is 0 Å². The Bertz CT molecular complexity index is 752. The van der Waals surface area contributed by atoms with Gasteiger partial charge in [-0.25, -0.2) is 4.39 Å². The smallest absolute Gasteiger partial charge is 0.127 e. The molecular weight excluding hydrogens is 325 g/mol. The predicted molar refractivity (Wildman–Crippen MR) is 103 cm³/mol. The number of hydrogen-bond donors (Lipinski definition) is 1. The van der Waals surface area contributed by atoms with Crippen LogP contribution in [0.3, 0.4) is 0 Å². The van der Waals surface area contributed by atoms with Crippen molar-refractivity contribution in [3.05, 3.63) is 107 Å². The van der Waals surface area contributed by atoms with Crippen LogP contribution in [-0.2, 0) is 6.54 Å². The lowest BCUT2D eigenvalue weighted by Gasteiger charge is -2.33. The van der Waals surface area contributed by atoms with E-state index in [2.05, 4.69) is 29.2 Å². The molecule has 0 amide bonds. The van der Waals surface area contributed by atoms with Crippen molar-refractivity contribution in [2.24, 2.45) is 0 Å². The Hall–Kier alpha value is -2.49. The molecule has 26 heavy (non-hydrogen) atoms. The van der Waals surface area contributed by atoms with Crippen molar-refractivity contribution >= 4 is 0 Å². The maximum Gasteiger partial charge on any atom is 0.127 e. The quantitative estimate of drug-likeness (QED) is 0.631. The summed E-state index contributed by atoms with van der Waals surface area (Å²) in [6, 6.07) is 27.4. The van der Waals surface area contributed by atoms with E-state index in [0.29, 0.717) is 25.1 Å². The molecule has 0 aliphatic carbocycles. The van der Waals surface area contributed by atoms with Gasteiger partial charge in [0.25, 0.3) is 0 Å². The minimum Gasteiger partial charge on any atom is -0.396 e. The largest absolute Gasteiger partial charge is 0.396 e. The molecule has 0 fully saturated rings. The highest BCUT2D eigenvalue weighted by atomic mass is 19.1. The molecule has 0 unspecified atom stereocenters. The average molecular weight is 349 g/mol. The predicted octanol–water partition coefficient (Wildman–Crippen LogP) is 4.80. The summed E-state index contributed by atoms with van der Waals surface area (Å²) in [7, 11) is 0. The van der Waals surface area contributed by atoms with Crippen LogP contribution in [0.1, 0.15) is 29.2 Å². The molecule has 3 rings (SSSR count). The fourth-order valence-corrected chi connectivity index (χ4v) is 3.30. The standard InChI is InChI=1S/C23H24FNO/c24-22-15-8-7-14-21(22)18-25(16-9-17-26)23(19-10-3-1-4-11-19)20-12-5-2-6-13-20/h1-8,10-15,23,26H,9,16-18H2. The van der Waals surface area contributed by atoms with Gasteiger partial charge in [-0.3, -0.25) is 4.90 Å². The van der Waals surface area contributed by atoms with Gasteiger partial charge in [-0.15, -0.1) is 0 Å². The lowest BCUT2D eigenvalue weighted by Crippen LogP contribution is -2.31. The Morgan fingerprint density at radius 1 is 0.769 bits per heavy atom. The third kappa shape index (κ3) is 4.57. The zero-order valence-corrected chi connectivity index (χ0v) is 14.8. The lowest BCUT2D eigenvalue weighted by atomic mass is 9.96. The fraction of sp³-hybridized carbons (Fsp3) is 0.217. The number of aliphatic hydroxyl groups excluding tert-OH is 1. The van der Waals surface area contributed by atoms with Crippen molar-refractivity contribution in [2.45, 2.75) is 19.0 Å². The zero-order valence-electron chi connectivity index (χ0n) is 14.8. The molecule has 0 atom stereocenters. The molecule has 3 aromatic rings. The van der Waals surface area contributed by atoms with Crippen LogP contribution in [0.25, 0.3) is 0 Å². The van der Waals surface area contributed by atoms with Crippen LogP contribution in [0.4, 0.5) is 4.39 Å². The second kappa shape index (κ2) is 9.27. The average Bonchev–Trinajstić information content (AvgIpc) is 2.69. The van der Waals surface area contributed by atoms with Gasteiger partial charge in [-0.1, -0.05) is 78.9 Å². The molecule has 0 radical (unpaired) electrons. The molecule has 0 heterocycles. The van der Waals surface area contributed by atoms with E-state index in [4.69, 9.17) is 0 Å². The van der Waals surface area contributed by atoms with E-state index in [1.807, 2.05) is 48.5 Å². The van der Waals surface area contributed by atoms with Crippen LogP contribution < -0.4 is 0 Å². The summed E-state index contributed by atoms with van der Waals surface area (Å²) in [4.78, 5) is 2.24. The first kappa shape index (κ1) is 18.3. The Kier molecular flexibility index (Phi) is 6.53. The Morgan fingerprint density at radius 2 is 1.31 bits per heavy atom. The number of nitrogens with zero attached hydrogens (tertiary/aromatic N) is 1. The molecule has 0 saturated carbocycles. The van der Waals surface area contributed by atoms with Gasteiger partial charge in [-0.05, 0) is 23.6 Å². The summed E-state index contributed by atoms with van der Waals surface area (Å²) in [5, 5.41) is 9.36. The van der Waals surface area contributed by atoms with Crippen LogP contribution in [-0.4, -0.2) is 23.2 Å². The molecule has 1 N–H and O–H groups in total. The number of halogens is 1. The molecule has 134 valence electrons. The highest BCUT2D eigenvalue weighted by Gasteiger charge is 2.23. The van der Waals surface area contributed by atoms with E-state index in [-0.39, 0.29) is 18.5 Å². The number of aliphatic hydroxyl groups is 1. The van der Waals surface area contributed by atoms with E-state index >= 15 is 0 Å². The van der Waals surface area contributed by atoms with Gasteiger partial charge in [0.15, 0.2) is 0 Å². The van der Waals surface area contributed by atoms with Gasteiger partial charge < -0.3 is 5.11 Å². The number of benzene rings is 3. The van der Waals surface area contributed by atoms with E-state index < -0.39 is 0 Å². The van der Waals surface area contributed by atoms with Gasteiger partial charge in [0, 0.05) is 25.3 Å². The number of hydrogen-bond acceptors (Lipinski definition) is 2. The number of rotatable bonds is 8. The highest BCUT2D eigenvalue weighted by molar-refractivity contribution is 5.32. The first-order valence-electron chi connectivity index (χ1n) is 8.98. The zero-order chi connectivity index (χ0) is 18.2. The van der Waals surface area contributed by atoms with Gasteiger partial charge in [0.2, 0.25) is 0 Å². The van der Waals surface area contributed by atoms with Crippen LogP contribution in [0, 0.1) is 5.82 Å². The molecule has 0 aliphatic heterocycles. The minimum absolute atomic E-state index is 0.00329. The minimum atomic E-state index is -0.193. The summed E-state index contributed by atoms with van der Waals surface area (Å²) in [5.74, 6) is -0.193. The maximum atomic E-state index is 14.3. The molecule has 0 aromatic heterocycles. The third-order valence-corrected chi connectivity index (χ3v) is 4.53. The molecule has 0 bridgehead atoms. The van der Waals surface area contributed by atoms with Crippen LogP contribution in [0.15, 0.2) is 84.9 Å². The van der Waals surface area contributed by atoms with E-state index in [1.54, 1.807) is 6.07 Å². The molecular formula is C23H24FNO. The summed E-state index contributed by atoms with van der Waals surface area (Å²) >= 11 is 0. The maximum absolute atomic E-state index is 14.3. The van der Waals surface area contributed by atoms with Gasteiger partial charge in [-0.2, -0.15) is 0 Å². The summed E-state index contributed by atoms with van der Waals surface area (Å²) in [6.45, 7) is 1.28. The third-order valence-electron chi connectivity index (χ3n) is 4.53. The van der Waals surface area contributed by atoms with E-state index in [1.165, 1.54) is 6.07 Å². The van der Waals surface area contributed by atoms with E-state index in [0.717, 1.165) is 11.1 Å². The molecule has 3 heteroatoms. The van der Waals surface area contributed by atoms with Crippen molar-refractivity contribution < 1.29 is 9.50 Å². The van der Waals surface area contributed by atoms with E-state index in [9.17, 15) is 9.50 Å². The lowest BCUT2D eigenvalue weighted by molar-refractivity contribution is 0.185. The van der Waals surface area contributed by atoms with Crippen molar-refractivity contribution in [1.29, 1.82) is 0 Å². The van der Waals surface area contributed by atoms with Gasteiger partial charge >= 0.3 is 0 Å². The molecule has 0 aliphatic rings. The second-order valence-corrected chi connectivity index (χ2v) is 6.36. The van der Waals surface area contributed by atoms with Crippen molar-refractivity contribution in [1.82, 2.24) is 4.90 Å². The van der Waals surface area contributed by atoms with Gasteiger partial charge in [0.1, 0.15) is 5.82 Å². The van der Waals surface area contributed by atoms with Crippen molar-refractivity contribution in [2.75, 3.05) is 13.2 Å². The molecule has 2 nitrogen and oxygen atoms in total. The first-order valence-corrected chi connectivity index (χ1v) is 8.98. The van der Waals surface area contributed by atoms with Crippen LogP contribution >= 0.6 is 0 Å². The summed E-state index contributed by atoms with van der Waals surface area (Å²) < 4.78 is 14.3. The molecule has 0 spiro atoms. The van der Waals surface area contributed by atoms with Crippen molar-refractivity contribution in [3.8, 4) is 0 Å². The first-order chi connectivity index (χ1) is 12.8. The van der Waals surface area contributed by atoms with Crippen molar-refractivity contribution in [3.63, 3.8) is 0 Å². The Morgan fingerprint density at radius 3 is 1.85 bits per heavy atom. The monoisotopic (exact) mass is 349 g/mol. The SMILES string of the molecule is OCCCN(Cc1ccccc1F)C(c1ccccc1)c1ccccc1. The second-order valence-electron chi connectivity index (χ2n) is 6.36. The Labute approximate surface area is 154 Å². The summed E-state index contributed by atoms with van der Waals surface area (Å²) in [6.07, 6.45) is 0.643. The topological polar surface area (TPSA) is 23.5 Å². The summed E-state index contributed by atoms with van der Waals surface area (Å²) in [5.41, 5.74) is 2.99. The highest BCUT2D eigenvalue weighted by Crippen LogP contribution is 2.30. The molecule has 3 aromatic carbocycles. The van der Waals surface area contributed by atoms with Gasteiger partial charge in [0.05, 0.1) is 6.04 Å².